The molecule has 0 aliphatic heterocycles. The minimum Gasteiger partial charge on any atom is -0.295 e. The second-order valence-corrected chi connectivity index (χ2v) is 3.44. The number of ketones is 1. The summed E-state index contributed by atoms with van der Waals surface area (Å²) in [6, 6.07) is 0. The number of Topliss-reactive ketones (excluding diaryl/α,β-unsaturated/α-hetero) is 1. The number of rotatable bonds is 9. The van der Waals surface area contributed by atoms with Gasteiger partial charge in [0.1, 0.15) is 0 Å². The van der Waals surface area contributed by atoms with E-state index in [9.17, 15) is 9.59 Å². The van der Waals surface area contributed by atoms with Crippen molar-refractivity contribution < 1.29 is 9.59 Å². The third-order valence-corrected chi connectivity index (χ3v) is 2.07. The van der Waals surface area contributed by atoms with Gasteiger partial charge in [-0.3, -0.25) is 9.59 Å². The lowest BCUT2D eigenvalue weighted by atomic mass is 10.1. The zero-order valence-electron chi connectivity index (χ0n) is 9.00. The highest BCUT2D eigenvalue weighted by atomic mass is 16.2. The molecule has 80 valence electrons. The second kappa shape index (κ2) is 10.2. The van der Waals surface area contributed by atoms with Crippen molar-refractivity contribution in [3.63, 3.8) is 0 Å². The van der Waals surface area contributed by atoms with E-state index in [1.165, 1.54) is 19.3 Å². The van der Waals surface area contributed by atoms with Crippen LogP contribution >= 0.6 is 0 Å². The summed E-state index contributed by atoms with van der Waals surface area (Å²) in [5.41, 5.74) is 0. The monoisotopic (exact) mass is 196 g/mol. The molecule has 0 N–H and O–H groups in total. The van der Waals surface area contributed by atoms with Gasteiger partial charge >= 0.3 is 0 Å². The van der Waals surface area contributed by atoms with Gasteiger partial charge in [-0.05, 0) is 25.7 Å². The Morgan fingerprint density at radius 2 is 1.71 bits per heavy atom. The van der Waals surface area contributed by atoms with Crippen molar-refractivity contribution in [2.24, 2.45) is 0 Å². The van der Waals surface area contributed by atoms with E-state index in [1.807, 2.05) is 0 Å². The molecule has 0 atom stereocenters. The van der Waals surface area contributed by atoms with Gasteiger partial charge in [-0.25, -0.2) is 0 Å². The molecule has 0 aliphatic carbocycles. The predicted octanol–water partition coefficient (Wildman–Crippen LogP) is 3.06. The first kappa shape index (κ1) is 13.1. The molecular formula is C12H20O2. The molecule has 14 heavy (non-hydrogen) atoms. The van der Waals surface area contributed by atoms with E-state index < -0.39 is 0 Å². The molecule has 0 aromatic heterocycles. The molecule has 0 saturated carbocycles. The van der Waals surface area contributed by atoms with Gasteiger partial charge in [-0.15, -0.1) is 0 Å². The van der Waals surface area contributed by atoms with Crippen molar-refractivity contribution >= 4 is 12.1 Å². The number of carbonyl (C=O) groups is 2. The first-order chi connectivity index (χ1) is 6.81. The Labute approximate surface area is 86.4 Å². The van der Waals surface area contributed by atoms with Crippen LogP contribution in [-0.2, 0) is 9.59 Å². The van der Waals surface area contributed by atoms with E-state index >= 15 is 0 Å². The van der Waals surface area contributed by atoms with Gasteiger partial charge in [0.15, 0.2) is 12.1 Å². The first-order valence-electron chi connectivity index (χ1n) is 5.44. The average molecular weight is 196 g/mol. The van der Waals surface area contributed by atoms with Crippen LogP contribution in [-0.4, -0.2) is 12.1 Å². The maximum atomic E-state index is 10.6. The molecule has 0 unspecified atom stereocenters. The molecule has 2 nitrogen and oxygen atoms in total. The van der Waals surface area contributed by atoms with Gasteiger partial charge in [0, 0.05) is 6.42 Å². The van der Waals surface area contributed by atoms with Crippen LogP contribution < -0.4 is 0 Å². The largest absolute Gasteiger partial charge is 0.295 e. The summed E-state index contributed by atoms with van der Waals surface area (Å²) in [4.78, 5) is 20.6. The van der Waals surface area contributed by atoms with Crippen molar-refractivity contribution in [1.82, 2.24) is 0 Å². The summed E-state index contributed by atoms with van der Waals surface area (Å²) in [7, 11) is 0. The molecule has 0 bridgehead atoms. The molecular weight excluding hydrogens is 176 g/mol. The van der Waals surface area contributed by atoms with E-state index in [2.05, 4.69) is 19.1 Å². The lowest BCUT2D eigenvalue weighted by Crippen LogP contribution is -1.96. The third-order valence-electron chi connectivity index (χ3n) is 2.07. The SMILES string of the molecule is CCCCCC=CCCCC(=O)C=O. The van der Waals surface area contributed by atoms with E-state index in [-0.39, 0.29) is 5.78 Å². The summed E-state index contributed by atoms with van der Waals surface area (Å²) in [6.45, 7) is 2.19. The van der Waals surface area contributed by atoms with Gasteiger partial charge in [0.05, 0.1) is 0 Å². The zero-order valence-corrected chi connectivity index (χ0v) is 9.00. The summed E-state index contributed by atoms with van der Waals surface area (Å²) < 4.78 is 0. The highest BCUT2D eigenvalue weighted by Crippen LogP contribution is 2.02. The number of hydrogen-bond acceptors (Lipinski definition) is 2. The maximum Gasteiger partial charge on any atom is 0.195 e. The zero-order chi connectivity index (χ0) is 10.6. The Hall–Kier alpha value is -0.920. The smallest absolute Gasteiger partial charge is 0.195 e. The van der Waals surface area contributed by atoms with Gasteiger partial charge in [-0.2, -0.15) is 0 Å². The molecule has 0 rings (SSSR count). The quantitative estimate of drug-likeness (QED) is 0.246. The van der Waals surface area contributed by atoms with E-state index in [0.29, 0.717) is 12.7 Å². The van der Waals surface area contributed by atoms with Crippen molar-refractivity contribution in [2.75, 3.05) is 0 Å². The molecule has 0 saturated heterocycles. The normalized spacial score (nSPS) is 10.6. The molecule has 0 aromatic carbocycles. The highest BCUT2D eigenvalue weighted by molar-refractivity contribution is 6.24. The minimum absolute atomic E-state index is 0.288. The molecule has 0 radical (unpaired) electrons. The van der Waals surface area contributed by atoms with Gasteiger partial charge < -0.3 is 0 Å². The van der Waals surface area contributed by atoms with Crippen LogP contribution in [0.2, 0.25) is 0 Å². The Kier molecular flexibility index (Phi) is 9.49. The van der Waals surface area contributed by atoms with E-state index in [0.717, 1.165) is 19.3 Å². The average Bonchev–Trinajstić information content (AvgIpc) is 2.21. The van der Waals surface area contributed by atoms with Crippen molar-refractivity contribution in [3.8, 4) is 0 Å². The summed E-state index contributed by atoms with van der Waals surface area (Å²) >= 11 is 0. The summed E-state index contributed by atoms with van der Waals surface area (Å²) in [5, 5.41) is 0. The molecule has 0 fully saturated rings. The van der Waals surface area contributed by atoms with Gasteiger partial charge in [0.25, 0.3) is 0 Å². The molecule has 0 heterocycles. The fourth-order valence-corrected chi connectivity index (χ4v) is 1.20. The Bertz CT molecular complexity index is 183. The Morgan fingerprint density at radius 3 is 2.29 bits per heavy atom. The van der Waals surface area contributed by atoms with Crippen molar-refractivity contribution in [3.05, 3.63) is 12.2 Å². The highest BCUT2D eigenvalue weighted by Gasteiger charge is 1.95. The number of unbranched alkanes of at least 4 members (excludes halogenated alkanes) is 4. The topological polar surface area (TPSA) is 34.1 Å². The van der Waals surface area contributed by atoms with Crippen LogP contribution in [0.15, 0.2) is 12.2 Å². The minimum atomic E-state index is -0.288. The number of aldehydes is 1. The maximum absolute atomic E-state index is 10.6. The summed E-state index contributed by atoms with van der Waals surface area (Å²) in [5.74, 6) is -0.288. The van der Waals surface area contributed by atoms with Crippen LogP contribution in [0.25, 0.3) is 0 Å². The van der Waals surface area contributed by atoms with Crippen LogP contribution in [0.4, 0.5) is 0 Å². The third kappa shape index (κ3) is 9.17. The van der Waals surface area contributed by atoms with Gasteiger partial charge in [-0.1, -0.05) is 31.9 Å². The number of hydrogen-bond donors (Lipinski definition) is 0. The predicted molar refractivity (Wildman–Crippen MR) is 58.2 cm³/mol. The molecule has 0 aliphatic rings. The fraction of sp³-hybridized carbons (Fsp3) is 0.667. The van der Waals surface area contributed by atoms with Crippen LogP contribution in [0.1, 0.15) is 51.9 Å². The second-order valence-electron chi connectivity index (χ2n) is 3.44. The lowest BCUT2D eigenvalue weighted by Gasteiger charge is -1.92. The van der Waals surface area contributed by atoms with Crippen molar-refractivity contribution in [2.45, 2.75) is 51.9 Å². The molecule has 0 amide bonds. The standard InChI is InChI=1S/C12H20O2/c1-2-3-4-5-6-7-8-9-10-12(14)11-13/h6-7,11H,2-5,8-10H2,1H3. The van der Waals surface area contributed by atoms with Crippen molar-refractivity contribution in [1.29, 1.82) is 0 Å². The Morgan fingerprint density at radius 1 is 1.07 bits per heavy atom. The van der Waals surface area contributed by atoms with Crippen LogP contribution in [0.3, 0.4) is 0 Å². The summed E-state index contributed by atoms with van der Waals surface area (Å²) in [6.07, 6.45) is 11.7. The molecule has 0 spiro atoms. The van der Waals surface area contributed by atoms with Gasteiger partial charge in [0.2, 0.25) is 0 Å². The van der Waals surface area contributed by atoms with E-state index in [1.54, 1.807) is 0 Å². The lowest BCUT2D eigenvalue weighted by molar-refractivity contribution is -0.129. The first-order valence-corrected chi connectivity index (χ1v) is 5.44. The fourth-order valence-electron chi connectivity index (χ4n) is 1.20. The van der Waals surface area contributed by atoms with Crippen LogP contribution in [0, 0.1) is 0 Å². The molecule has 2 heteroatoms. The van der Waals surface area contributed by atoms with Crippen LogP contribution in [0.5, 0.6) is 0 Å². The Balaban J connectivity index is 3.18. The molecule has 0 aromatic rings. The number of allylic oxidation sites excluding steroid dienone is 2. The number of carbonyl (C=O) groups excluding carboxylic acids is 2. The van der Waals surface area contributed by atoms with E-state index in [4.69, 9.17) is 0 Å².